The summed E-state index contributed by atoms with van der Waals surface area (Å²) >= 11 is 0. The summed E-state index contributed by atoms with van der Waals surface area (Å²) in [6, 6.07) is 22.1. The van der Waals surface area contributed by atoms with E-state index in [1.165, 1.54) is 17.3 Å². The first-order valence-electron chi connectivity index (χ1n) is 7.87. The van der Waals surface area contributed by atoms with E-state index in [-0.39, 0.29) is 5.57 Å². The van der Waals surface area contributed by atoms with Gasteiger partial charge in [0.1, 0.15) is 17.7 Å². The number of rotatable bonds is 7. The monoisotopic (exact) mass is 316 g/mol. The maximum atomic E-state index is 8.76. The van der Waals surface area contributed by atoms with Crippen molar-refractivity contribution in [2.75, 3.05) is 11.9 Å². The molecule has 0 aliphatic rings. The number of nitriles is 2. The molecule has 120 valence electrons. The van der Waals surface area contributed by atoms with Crippen LogP contribution >= 0.6 is 0 Å². The van der Waals surface area contributed by atoms with E-state index in [1.54, 1.807) is 0 Å². The van der Waals surface area contributed by atoms with Gasteiger partial charge in [-0.2, -0.15) is 10.5 Å². The Bertz CT molecular complexity index is 750. The van der Waals surface area contributed by atoms with E-state index in [9.17, 15) is 0 Å². The van der Waals surface area contributed by atoms with Crippen molar-refractivity contribution in [1.29, 1.82) is 10.5 Å². The first kappa shape index (κ1) is 17.3. The summed E-state index contributed by atoms with van der Waals surface area (Å²) in [4.78, 5) is 2.36. The van der Waals surface area contributed by atoms with E-state index >= 15 is 0 Å². The van der Waals surface area contributed by atoms with Gasteiger partial charge >= 0.3 is 0 Å². The topological polar surface area (TPSA) is 62.9 Å². The minimum Gasteiger partial charge on any atom is -0.360 e. The van der Waals surface area contributed by atoms with Crippen molar-refractivity contribution < 1.29 is 0 Å². The van der Waals surface area contributed by atoms with Crippen molar-refractivity contribution in [3.63, 3.8) is 0 Å². The van der Waals surface area contributed by atoms with Gasteiger partial charge in [0.05, 0.1) is 0 Å². The van der Waals surface area contributed by atoms with Crippen molar-refractivity contribution >= 4 is 5.69 Å². The molecule has 0 unspecified atom stereocenters. The fraction of sp³-hybridized carbons (Fsp3) is 0.200. The Balaban J connectivity index is 2.04. The highest BCUT2D eigenvalue weighted by Gasteiger charge is 2.05. The maximum absolute atomic E-state index is 8.76. The van der Waals surface area contributed by atoms with Crippen LogP contribution in [0.15, 0.2) is 66.4 Å². The smallest absolute Gasteiger partial charge is 0.145 e. The van der Waals surface area contributed by atoms with Crippen LogP contribution in [0.2, 0.25) is 0 Å². The third kappa shape index (κ3) is 5.28. The molecule has 0 radical (unpaired) electrons. The van der Waals surface area contributed by atoms with Gasteiger partial charge in [-0.25, -0.2) is 0 Å². The Morgan fingerprint density at radius 2 is 1.67 bits per heavy atom. The second-order valence-corrected chi connectivity index (χ2v) is 5.42. The number of anilines is 1. The standard InChI is InChI=1S/C20H20N4/c1-2-24(15-17-7-4-3-5-8-17)16-18-9-6-10-20(11-18)23-14-19(12-21)13-22/h3-11,14,23H,2,15-16H2,1H3. The zero-order valence-corrected chi connectivity index (χ0v) is 13.7. The zero-order valence-electron chi connectivity index (χ0n) is 13.7. The zero-order chi connectivity index (χ0) is 17.2. The van der Waals surface area contributed by atoms with E-state index in [0.717, 1.165) is 25.3 Å². The van der Waals surface area contributed by atoms with Crippen molar-refractivity contribution in [1.82, 2.24) is 4.90 Å². The molecule has 0 amide bonds. The third-order valence-corrected chi connectivity index (χ3v) is 3.65. The lowest BCUT2D eigenvalue weighted by Gasteiger charge is -2.21. The van der Waals surface area contributed by atoms with E-state index < -0.39 is 0 Å². The fourth-order valence-corrected chi connectivity index (χ4v) is 2.38. The SMILES string of the molecule is CCN(Cc1ccccc1)Cc1cccc(NC=C(C#N)C#N)c1. The number of nitrogens with one attached hydrogen (secondary N) is 1. The fourth-order valence-electron chi connectivity index (χ4n) is 2.38. The first-order chi connectivity index (χ1) is 11.7. The summed E-state index contributed by atoms with van der Waals surface area (Å²) in [5, 5.41) is 20.5. The lowest BCUT2D eigenvalue weighted by molar-refractivity contribution is 0.271. The lowest BCUT2D eigenvalue weighted by atomic mass is 10.1. The van der Waals surface area contributed by atoms with Crippen LogP contribution in [0, 0.1) is 22.7 Å². The Kier molecular flexibility index (Phi) is 6.58. The van der Waals surface area contributed by atoms with Crippen molar-refractivity contribution in [3.05, 3.63) is 77.5 Å². The highest BCUT2D eigenvalue weighted by molar-refractivity contribution is 5.50. The van der Waals surface area contributed by atoms with Crippen LogP contribution in [0.1, 0.15) is 18.1 Å². The molecule has 1 N–H and O–H groups in total. The molecule has 4 heteroatoms. The van der Waals surface area contributed by atoms with Crippen LogP contribution in [0.5, 0.6) is 0 Å². The number of allylic oxidation sites excluding steroid dienone is 1. The maximum Gasteiger partial charge on any atom is 0.145 e. The molecule has 0 spiro atoms. The van der Waals surface area contributed by atoms with Crippen LogP contribution < -0.4 is 5.32 Å². The first-order valence-corrected chi connectivity index (χ1v) is 7.87. The molecule has 2 aromatic carbocycles. The molecule has 2 aromatic rings. The largest absolute Gasteiger partial charge is 0.360 e. The van der Waals surface area contributed by atoms with Crippen LogP contribution in [-0.2, 0) is 13.1 Å². The van der Waals surface area contributed by atoms with Gasteiger partial charge in [-0.15, -0.1) is 0 Å². The molecule has 0 aliphatic carbocycles. The van der Waals surface area contributed by atoms with Gasteiger partial charge in [-0.05, 0) is 29.8 Å². The Morgan fingerprint density at radius 3 is 2.33 bits per heavy atom. The van der Waals surface area contributed by atoms with E-state index in [4.69, 9.17) is 10.5 Å². The minimum atomic E-state index is 0.0552. The Hall–Kier alpha value is -3.08. The molecule has 0 aliphatic heterocycles. The number of benzene rings is 2. The molecule has 0 saturated heterocycles. The molecular formula is C20H20N4. The van der Waals surface area contributed by atoms with Gasteiger partial charge in [0.2, 0.25) is 0 Å². The molecule has 0 atom stereocenters. The van der Waals surface area contributed by atoms with Crippen LogP contribution in [0.3, 0.4) is 0 Å². The predicted molar refractivity (Wildman–Crippen MR) is 95.6 cm³/mol. The molecule has 0 aromatic heterocycles. The number of nitrogens with zero attached hydrogens (tertiary/aromatic N) is 3. The van der Waals surface area contributed by atoms with Gasteiger partial charge < -0.3 is 5.32 Å². The Morgan fingerprint density at radius 1 is 1.00 bits per heavy atom. The highest BCUT2D eigenvalue weighted by Crippen LogP contribution is 2.15. The van der Waals surface area contributed by atoms with Gasteiger partial charge in [0.15, 0.2) is 0 Å². The molecule has 0 saturated carbocycles. The summed E-state index contributed by atoms with van der Waals surface area (Å²) in [6.45, 7) is 4.86. The molecule has 2 rings (SSSR count). The minimum absolute atomic E-state index is 0.0552. The second kappa shape index (κ2) is 9.15. The predicted octanol–water partition coefficient (Wildman–Crippen LogP) is 4.05. The van der Waals surface area contributed by atoms with E-state index in [2.05, 4.69) is 47.5 Å². The summed E-state index contributed by atoms with van der Waals surface area (Å²) in [7, 11) is 0. The molecule has 0 fully saturated rings. The average Bonchev–Trinajstić information content (AvgIpc) is 2.63. The van der Waals surface area contributed by atoms with Crippen molar-refractivity contribution in [2.24, 2.45) is 0 Å². The number of hydrogen-bond acceptors (Lipinski definition) is 4. The lowest BCUT2D eigenvalue weighted by Crippen LogP contribution is -2.22. The summed E-state index contributed by atoms with van der Waals surface area (Å²) < 4.78 is 0. The quantitative estimate of drug-likeness (QED) is 0.783. The van der Waals surface area contributed by atoms with Crippen molar-refractivity contribution in [3.8, 4) is 12.1 Å². The van der Waals surface area contributed by atoms with Gasteiger partial charge in [0.25, 0.3) is 0 Å². The highest BCUT2D eigenvalue weighted by atomic mass is 15.1. The Labute approximate surface area is 143 Å². The average molecular weight is 316 g/mol. The van der Waals surface area contributed by atoms with Gasteiger partial charge in [0, 0.05) is 25.0 Å². The molecule has 0 heterocycles. The van der Waals surface area contributed by atoms with E-state index in [0.29, 0.717) is 0 Å². The second-order valence-electron chi connectivity index (χ2n) is 5.42. The van der Waals surface area contributed by atoms with Crippen LogP contribution in [0.25, 0.3) is 0 Å². The third-order valence-electron chi connectivity index (χ3n) is 3.65. The summed E-state index contributed by atoms with van der Waals surface area (Å²) in [5.41, 5.74) is 3.40. The van der Waals surface area contributed by atoms with Crippen LogP contribution in [-0.4, -0.2) is 11.4 Å². The molecule has 4 nitrogen and oxygen atoms in total. The van der Waals surface area contributed by atoms with Gasteiger partial charge in [-0.1, -0.05) is 49.4 Å². The molecular weight excluding hydrogens is 296 g/mol. The molecule has 0 bridgehead atoms. The normalized spacial score (nSPS) is 9.83. The summed E-state index contributed by atoms with van der Waals surface area (Å²) in [5.74, 6) is 0. The summed E-state index contributed by atoms with van der Waals surface area (Å²) in [6.07, 6.45) is 1.43. The molecule has 24 heavy (non-hydrogen) atoms. The van der Waals surface area contributed by atoms with Crippen LogP contribution in [0.4, 0.5) is 5.69 Å². The van der Waals surface area contributed by atoms with Gasteiger partial charge in [-0.3, -0.25) is 4.90 Å². The van der Waals surface area contributed by atoms with Crippen molar-refractivity contribution in [2.45, 2.75) is 20.0 Å². The number of hydrogen-bond donors (Lipinski definition) is 1. The van der Waals surface area contributed by atoms with E-state index in [1.807, 2.05) is 36.4 Å².